The molecule has 0 fully saturated rings. The Morgan fingerprint density at radius 2 is 2.09 bits per heavy atom. The molecule has 0 saturated heterocycles. The number of hydrogen-bond donors (Lipinski definition) is 1. The first-order valence-electron chi connectivity index (χ1n) is 11.4. The van der Waals surface area contributed by atoms with Crippen molar-refractivity contribution in [1.29, 1.82) is 0 Å². The van der Waals surface area contributed by atoms with Crippen LogP contribution < -0.4 is 15.6 Å². The number of esters is 1. The topological polar surface area (TPSA) is 103 Å². The standard InChI is InChI=1S/C25H26N4O5/c1-4-16-17-11-15(34-25(32)28(3)8-7-26-2)5-6-20(17)27-23-18(16)12-29-21(23)9-14-10-22(30)33-13-19(14)24(29)31/h5-6,9,11,26H,4,7-8,10,12-13H2,1-3H3. The van der Waals surface area contributed by atoms with Crippen LogP contribution in [0.5, 0.6) is 5.75 Å². The fraction of sp³-hybridized carbons (Fsp3) is 0.360. The van der Waals surface area contributed by atoms with Crippen LogP contribution in [0.1, 0.15) is 29.2 Å². The van der Waals surface area contributed by atoms with E-state index in [1.807, 2.05) is 25.2 Å². The molecule has 0 spiro atoms. The lowest BCUT2D eigenvalue weighted by molar-refractivity contribution is -0.145. The van der Waals surface area contributed by atoms with Gasteiger partial charge in [0.15, 0.2) is 0 Å². The average molecular weight is 463 g/mol. The van der Waals surface area contributed by atoms with Gasteiger partial charge in [0.2, 0.25) is 0 Å². The number of amides is 1. The SMILES string of the molecule is CCc1c2c(nc3ccc(OC(=O)N(C)CCNC)cc13)-c1cc3c(c(=O)n1C2)COC(=O)C3. The van der Waals surface area contributed by atoms with Gasteiger partial charge in [0.1, 0.15) is 12.4 Å². The van der Waals surface area contributed by atoms with Crippen LogP contribution in [-0.2, 0) is 35.5 Å². The van der Waals surface area contributed by atoms with Crippen molar-refractivity contribution >= 4 is 23.0 Å². The van der Waals surface area contributed by atoms with Crippen molar-refractivity contribution in [3.05, 3.63) is 56.9 Å². The molecule has 1 amide bonds. The minimum Gasteiger partial charge on any atom is -0.460 e. The molecule has 5 rings (SSSR count). The molecule has 0 saturated carbocycles. The molecule has 0 radical (unpaired) electrons. The van der Waals surface area contributed by atoms with Crippen LogP contribution >= 0.6 is 0 Å². The van der Waals surface area contributed by atoms with Gasteiger partial charge in [-0.1, -0.05) is 6.92 Å². The van der Waals surface area contributed by atoms with Gasteiger partial charge in [0.25, 0.3) is 5.56 Å². The van der Waals surface area contributed by atoms with E-state index in [4.69, 9.17) is 14.5 Å². The predicted octanol–water partition coefficient (Wildman–Crippen LogP) is 2.24. The average Bonchev–Trinajstić information content (AvgIpc) is 3.19. The summed E-state index contributed by atoms with van der Waals surface area (Å²) >= 11 is 0. The van der Waals surface area contributed by atoms with Gasteiger partial charge in [-0.25, -0.2) is 9.78 Å². The quantitative estimate of drug-likeness (QED) is 0.454. The van der Waals surface area contributed by atoms with Gasteiger partial charge in [0.05, 0.1) is 35.4 Å². The Labute approximate surface area is 196 Å². The third-order valence-corrected chi connectivity index (χ3v) is 6.51. The highest BCUT2D eigenvalue weighted by atomic mass is 16.6. The van der Waals surface area contributed by atoms with Gasteiger partial charge in [-0.2, -0.15) is 0 Å². The zero-order valence-corrected chi connectivity index (χ0v) is 19.4. The minimum absolute atomic E-state index is 0.0111. The number of carbonyl (C=O) groups excluding carboxylic acids is 2. The van der Waals surface area contributed by atoms with E-state index >= 15 is 0 Å². The van der Waals surface area contributed by atoms with Gasteiger partial charge >= 0.3 is 12.1 Å². The summed E-state index contributed by atoms with van der Waals surface area (Å²) in [6, 6.07) is 7.31. The lowest BCUT2D eigenvalue weighted by Gasteiger charge is -2.17. The zero-order valence-electron chi connectivity index (χ0n) is 19.4. The van der Waals surface area contributed by atoms with E-state index in [9.17, 15) is 14.4 Å². The largest absolute Gasteiger partial charge is 0.460 e. The minimum atomic E-state index is -0.428. The monoisotopic (exact) mass is 462 g/mol. The van der Waals surface area contributed by atoms with E-state index in [0.29, 0.717) is 36.5 Å². The smallest absolute Gasteiger partial charge is 0.415 e. The van der Waals surface area contributed by atoms with Crippen LogP contribution in [0.25, 0.3) is 22.3 Å². The number of ether oxygens (including phenoxy) is 2. The second kappa shape index (κ2) is 8.57. The second-order valence-electron chi connectivity index (χ2n) is 8.61. The van der Waals surface area contributed by atoms with Gasteiger partial charge < -0.3 is 24.3 Å². The Hall–Kier alpha value is -3.72. The lowest BCUT2D eigenvalue weighted by atomic mass is 9.98. The number of carbonyl (C=O) groups is 2. The third kappa shape index (κ3) is 3.62. The maximum atomic E-state index is 13.2. The molecule has 176 valence electrons. The Morgan fingerprint density at radius 1 is 1.26 bits per heavy atom. The lowest BCUT2D eigenvalue weighted by Crippen LogP contribution is -2.34. The zero-order chi connectivity index (χ0) is 24.0. The highest BCUT2D eigenvalue weighted by Gasteiger charge is 2.30. The van der Waals surface area contributed by atoms with Crippen molar-refractivity contribution in [2.24, 2.45) is 0 Å². The van der Waals surface area contributed by atoms with Crippen molar-refractivity contribution in [2.75, 3.05) is 27.2 Å². The molecule has 9 heteroatoms. The number of benzene rings is 1. The summed E-state index contributed by atoms with van der Waals surface area (Å²) in [6.45, 7) is 3.68. The number of fused-ring (bicyclic) bond motifs is 5. The number of aromatic nitrogens is 2. The molecule has 0 atom stereocenters. The molecule has 2 aliphatic rings. The predicted molar refractivity (Wildman–Crippen MR) is 126 cm³/mol. The molecule has 1 aromatic carbocycles. The van der Waals surface area contributed by atoms with Crippen molar-refractivity contribution in [2.45, 2.75) is 32.9 Å². The molecule has 0 unspecified atom stereocenters. The van der Waals surface area contributed by atoms with Crippen molar-refractivity contribution < 1.29 is 19.1 Å². The Morgan fingerprint density at radius 3 is 2.85 bits per heavy atom. The number of nitrogens with zero attached hydrogens (tertiary/aromatic N) is 3. The number of rotatable bonds is 5. The number of nitrogens with one attached hydrogen (secondary N) is 1. The van der Waals surface area contributed by atoms with Gasteiger partial charge in [-0.05, 0) is 48.9 Å². The van der Waals surface area contributed by atoms with E-state index in [0.717, 1.165) is 39.8 Å². The molecule has 0 aliphatic carbocycles. The van der Waals surface area contributed by atoms with Crippen LogP contribution in [0, 0.1) is 0 Å². The first kappa shape index (κ1) is 22.1. The van der Waals surface area contributed by atoms with E-state index in [1.54, 1.807) is 17.7 Å². The molecule has 2 aliphatic heterocycles. The maximum Gasteiger partial charge on any atom is 0.415 e. The van der Waals surface area contributed by atoms with Crippen LogP contribution in [0.2, 0.25) is 0 Å². The van der Waals surface area contributed by atoms with E-state index in [1.165, 1.54) is 4.90 Å². The highest BCUT2D eigenvalue weighted by Crippen LogP contribution is 2.37. The molecule has 9 nitrogen and oxygen atoms in total. The van der Waals surface area contributed by atoms with Gasteiger partial charge in [0, 0.05) is 31.1 Å². The summed E-state index contributed by atoms with van der Waals surface area (Å²) in [7, 11) is 3.52. The van der Waals surface area contributed by atoms with Crippen LogP contribution in [-0.4, -0.2) is 53.7 Å². The second-order valence-corrected chi connectivity index (χ2v) is 8.61. The maximum absolute atomic E-state index is 13.2. The van der Waals surface area contributed by atoms with E-state index in [-0.39, 0.29) is 24.6 Å². The normalized spacial score (nSPS) is 13.8. The number of pyridine rings is 2. The molecule has 34 heavy (non-hydrogen) atoms. The molecular weight excluding hydrogens is 436 g/mol. The van der Waals surface area contributed by atoms with Gasteiger partial charge in [-0.15, -0.1) is 0 Å². The summed E-state index contributed by atoms with van der Waals surface area (Å²) in [4.78, 5) is 43.7. The molecule has 4 heterocycles. The van der Waals surface area contributed by atoms with Crippen LogP contribution in [0.4, 0.5) is 4.79 Å². The van der Waals surface area contributed by atoms with Crippen LogP contribution in [0.3, 0.4) is 0 Å². The summed E-state index contributed by atoms with van der Waals surface area (Å²) in [6.07, 6.45) is 0.396. The number of hydrogen-bond acceptors (Lipinski definition) is 7. The fourth-order valence-corrected chi connectivity index (χ4v) is 4.67. The third-order valence-electron chi connectivity index (χ3n) is 6.51. The molecule has 0 bridgehead atoms. The fourth-order valence-electron chi connectivity index (χ4n) is 4.67. The Bertz CT molecular complexity index is 1390. The molecular formula is C25H26N4O5. The van der Waals surface area contributed by atoms with Crippen molar-refractivity contribution in [3.63, 3.8) is 0 Å². The molecule has 1 N–H and O–H groups in total. The number of likely N-dealkylation sites (N-methyl/N-ethyl adjacent to an activating group) is 2. The summed E-state index contributed by atoms with van der Waals surface area (Å²) in [5.74, 6) is 0.124. The molecule has 3 aromatic rings. The number of cyclic esters (lactones) is 1. The first-order valence-corrected chi connectivity index (χ1v) is 11.4. The highest BCUT2D eigenvalue weighted by molar-refractivity contribution is 5.89. The molecule has 2 aromatic heterocycles. The van der Waals surface area contributed by atoms with Crippen molar-refractivity contribution in [3.8, 4) is 17.1 Å². The van der Waals surface area contributed by atoms with E-state index < -0.39 is 6.09 Å². The summed E-state index contributed by atoms with van der Waals surface area (Å²) in [5, 5.41) is 3.90. The Kier molecular flexibility index (Phi) is 5.57. The summed E-state index contributed by atoms with van der Waals surface area (Å²) in [5.41, 5.74) is 5.41. The summed E-state index contributed by atoms with van der Waals surface area (Å²) < 4.78 is 12.4. The van der Waals surface area contributed by atoms with Crippen LogP contribution in [0.15, 0.2) is 29.1 Å². The van der Waals surface area contributed by atoms with E-state index in [2.05, 4.69) is 12.2 Å². The van der Waals surface area contributed by atoms with Crippen molar-refractivity contribution in [1.82, 2.24) is 19.8 Å². The first-order chi connectivity index (χ1) is 16.4. The number of aryl methyl sites for hydroxylation is 1. The van der Waals surface area contributed by atoms with Gasteiger partial charge in [-0.3, -0.25) is 9.59 Å². The Balaban J connectivity index is 1.55.